The SMILES string of the molecule is CCC(=O)N[C@H]1CC[C@@H](Oc2cc(C)c3[nH]ncc3c2C)CC1. The van der Waals surface area contributed by atoms with Crippen molar-refractivity contribution in [2.45, 2.75) is 65.0 Å². The smallest absolute Gasteiger partial charge is 0.219 e. The maximum Gasteiger partial charge on any atom is 0.219 e. The lowest BCUT2D eigenvalue weighted by Crippen LogP contribution is -2.39. The Hall–Kier alpha value is -2.04. The van der Waals surface area contributed by atoms with Crippen LogP contribution in [0, 0.1) is 13.8 Å². The summed E-state index contributed by atoms with van der Waals surface area (Å²) < 4.78 is 6.27. The van der Waals surface area contributed by atoms with Crippen molar-refractivity contribution in [1.82, 2.24) is 15.5 Å². The molecule has 0 radical (unpaired) electrons. The van der Waals surface area contributed by atoms with Gasteiger partial charge in [0.25, 0.3) is 0 Å². The van der Waals surface area contributed by atoms with E-state index in [0.29, 0.717) is 12.5 Å². The van der Waals surface area contributed by atoms with Crippen LogP contribution in [0.2, 0.25) is 0 Å². The Morgan fingerprint density at radius 2 is 2.09 bits per heavy atom. The van der Waals surface area contributed by atoms with Crippen molar-refractivity contribution in [2.24, 2.45) is 0 Å². The molecule has 5 nitrogen and oxygen atoms in total. The monoisotopic (exact) mass is 315 g/mol. The van der Waals surface area contributed by atoms with Crippen LogP contribution in [-0.2, 0) is 4.79 Å². The van der Waals surface area contributed by atoms with Crippen LogP contribution in [0.25, 0.3) is 10.9 Å². The molecule has 0 saturated heterocycles. The fraction of sp³-hybridized carbons (Fsp3) is 0.556. The lowest BCUT2D eigenvalue weighted by molar-refractivity contribution is -0.121. The number of fused-ring (bicyclic) bond motifs is 1. The first kappa shape index (κ1) is 15.8. The van der Waals surface area contributed by atoms with Gasteiger partial charge in [-0.25, -0.2) is 0 Å². The summed E-state index contributed by atoms with van der Waals surface area (Å²) in [6, 6.07) is 2.40. The van der Waals surface area contributed by atoms with Gasteiger partial charge in [-0.2, -0.15) is 5.10 Å². The van der Waals surface area contributed by atoms with Crippen molar-refractivity contribution in [3.63, 3.8) is 0 Å². The maximum absolute atomic E-state index is 11.5. The van der Waals surface area contributed by atoms with Crippen LogP contribution in [0.1, 0.15) is 50.2 Å². The Morgan fingerprint density at radius 3 is 2.78 bits per heavy atom. The molecule has 1 fully saturated rings. The first-order valence-electron chi connectivity index (χ1n) is 8.47. The molecular weight excluding hydrogens is 290 g/mol. The molecule has 0 aliphatic heterocycles. The van der Waals surface area contributed by atoms with Crippen LogP contribution in [0.5, 0.6) is 5.75 Å². The van der Waals surface area contributed by atoms with Gasteiger partial charge in [0.15, 0.2) is 0 Å². The average molecular weight is 315 g/mol. The molecule has 1 aliphatic rings. The standard InChI is InChI=1S/C18H25N3O2/c1-4-17(22)20-13-5-7-14(8-6-13)23-16-9-11(2)18-15(12(16)3)10-19-21-18/h9-10,13-14H,4-8H2,1-3H3,(H,19,21)(H,20,22)/t13-,14+. The van der Waals surface area contributed by atoms with Gasteiger partial charge in [0.05, 0.1) is 17.8 Å². The van der Waals surface area contributed by atoms with Gasteiger partial charge in [-0.1, -0.05) is 6.92 Å². The molecule has 0 bridgehead atoms. The summed E-state index contributed by atoms with van der Waals surface area (Å²) in [6.45, 7) is 6.05. The number of benzene rings is 1. The van der Waals surface area contributed by atoms with Crippen molar-refractivity contribution in [3.8, 4) is 5.75 Å². The average Bonchev–Trinajstić information content (AvgIpc) is 3.04. The number of carbonyl (C=O) groups is 1. The van der Waals surface area contributed by atoms with Gasteiger partial charge < -0.3 is 10.1 Å². The predicted octanol–water partition coefficient (Wildman–Crippen LogP) is 3.40. The highest BCUT2D eigenvalue weighted by Crippen LogP contribution is 2.32. The van der Waals surface area contributed by atoms with E-state index in [0.717, 1.165) is 53.5 Å². The van der Waals surface area contributed by atoms with Gasteiger partial charge in [-0.15, -0.1) is 0 Å². The number of aromatic nitrogens is 2. The van der Waals surface area contributed by atoms with E-state index in [1.165, 1.54) is 0 Å². The second-order valence-corrected chi connectivity index (χ2v) is 6.49. The quantitative estimate of drug-likeness (QED) is 0.908. The number of nitrogens with one attached hydrogen (secondary N) is 2. The first-order chi connectivity index (χ1) is 11.1. The third kappa shape index (κ3) is 3.33. The summed E-state index contributed by atoms with van der Waals surface area (Å²) in [6.07, 6.45) is 6.59. The van der Waals surface area contributed by atoms with Crippen LogP contribution in [0.15, 0.2) is 12.3 Å². The highest BCUT2D eigenvalue weighted by atomic mass is 16.5. The molecule has 124 valence electrons. The number of ether oxygens (including phenoxy) is 1. The molecule has 1 saturated carbocycles. The van der Waals surface area contributed by atoms with E-state index < -0.39 is 0 Å². The number of H-pyrrole nitrogens is 1. The van der Waals surface area contributed by atoms with E-state index in [1.807, 2.05) is 13.1 Å². The molecule has 2 N–H and O–H groups in total. The summed E-state index contributed by atoms with van der Waals surface area (Å²) in [4.78, 5) is 11.5. The topological polar surface area (TPSA) is 67.0 Å². The van der Waals surface area contributed by atoms with E-state index in [2.05, 4.69) is 35.4 Å². The largest absolute Gasteiger partial charge is 0.490 e. The van der Waals surface area contributed by atoms with Crippen LogP contribution in [0.4, 0.5) is 0 Å². The molecule has 1 aliphatic carbocycles. The Morgan fingerprint density at radius 1 is 1.35 bits per heavy atom. The lowest BCUT2D eigenvalue weighted by atomic mass is 9.92. The Bertz CT molecular complexity index is 700. The van der Waals surface area contributed by atoms with Crippen molar-refractivity contribution in [1.29, 1.82) is 0 Å². The fourth-order valence-electron chi connectivity index (χ4n) is 3.34. The molecule has 2 aromatic rings. The third-order valence-corrected chi connectivity index (χ3v) is 4.81. The number of amides is 1. The summed E-state index contributed by atoms with van der Waals surface area (Å²) in [5.41, 5.74) is 3.38. The first-order valence-corrected chi connectivity index (χ1v) is 8.47. The number of aryl methyl sites for hydroxylation is 2. The lowest BCUT2D eigenvalue weighted by Gasteiger charge is -2.30. The van der Waals surface area contributed by atoms with Crippen LogP contribution in [0.3, 0.4) is 0 Å². The van der Waals surface area contributed by atoms with Gasteiger partial charge in [-0.05, 0) is 51.2 Å². The second kappa shape index (κ2) is 6.60. The van der Waals surface area contributed by atoms with Crippen LogP contribution >= 0.6 is 0 Å². The Balaban J connectivity index is 1.65. The van der Waals surface area contributed by atoms with Gasteiger partial charge in [-0.3, -0.25) is 9.89 Å². The minimum absolute atomic E-state index is 0.145. The number of aromatic amines is 1. The zero-order chi connectivity index (χ0) is 16.4. The zero-order valence-corrected chi connectivity index (χ0v) is 14.1. The Kier molecular flexibility index (Phi) is 4.55. The molecular formula is C18H25N3O2. The fourth-order valence-corrected chi connectivity index (χ4v) is 3.34. The molecule has 0 spiro atoms. The molecule has 3 rings (SSSR count). The van der Waals surface area contributed by atoms with E-state index >= 15 is 0 Å². The Labute approximate surface area is 136 Å². The number of rotatable bonds is 4. The highest BCUT2D eigenvalue weighted by molar-refractivity contribution is 5.86. The molecule has 0 unspecified atom stereocenters. The number of nitrogens with zero attached hydrogens (tertiary/aromatic N) is 1. The van der Waals surface area contributed by atoms with Gasteiger partial charge >= 0.3 is 0 Å². The van der Waals surface area contributed by atoms with Crippen molar-refractivity contribution < 1.29 is 9.53 Å². The van der Waals surface area contributed by atoms with Crippen LogP contribution in [-0.4, -0.2) is 28.3 Å². The molecule has 1 aromatic carbocycles. The van der Waals surface area contributed by atoms with Crippen LogP contribution < -0.4 is 10.1 Å². The number of hydrogen-bond donors (Lipinski definition) is 2. The maximum atomic E-state index is 11.5. The number of carbonyl (C=O) groups excluding carboxylic acids is 1. The van der Waals surface area contributed by atoms with Gasteiger partial charge in [0.2, 0.25) is 5.91 Å². The second-order valence-electron chi connectivity index (χ2n) is 6.49. The van der Waals surface area contributed by atoms with Gasteiger partial charge in [0.1, 0.15) is 5.75 Å². The summed E-state index contributed by atoms with van der Waals surface area (Å²) in [5, 5.41) is 11.4. The van der Waals surface area contributed by atoms with E-state index in [9.17, 15) is 4.79 Å². The molecule has 1 aromatic heterocycles. The van der Waals surface area contributed by atoms with Crippen molar-refractivity contribution >= 4 is 16.8 Å². The van der Waals surface area contributed by atoms with E-state index in [1.54, 1.807) is 0 Å². The molecule has 23 heavy (non-hydrogen) atoms. The third-order valence-electron chi connectivity index (χ3n) is 4.81. The molecule has 5 heteroatoms. The summed E-state index contributed by atoms with van der Waals surface area (Å²) in [7, 11) is 0. The highest BCUT2D eigenvalue weighted by Gasteiger charge is 2.24. The number of hydrogen-bond acceptors (Lipinski definition) is 3. The van der Waals surface area contributed by atoms with E-state index in [4.69, 9.17) is 4.74 Å². The zero-order valence-electron chi connectivity index (χ0n) is 14.1. The minimum Gasteiger partial charge on any atom is -0.490 e. The summed E-state index contributed by atoms with van der Waals surface area (Å²) >= 11 is 0. The molecule has 1 heterocycles. The van der Waals surface area contributed by atoms with Gasteiger partial charge in [0, 0.05) is 23.4 Å². The van der Waals surface area contributed by atoms with Crippen molar-refractivity contribution in [3.05, 3.63) is 23.4 Å². The molecule has 1 amide bonds. The predicted molar refractivity (Wildman–Crippen MR) is 90.7 cm³/mol. The normalized spacial score (nSPS) is 21.3. The van der Waals surface area contributed by atoms with Crippen molar-refractivity contribution in [2.75, 3.05) is 0 Å². The minimum atomic E-state index is 0.145. The molecule has 0 atom stereocenters. The van der Waals surface area contributed by atoms with E-state index in [-0.39, 0.29) is 12.0 Å². The summed E-state index contributed by atoms with van der Waals surface area (Å²) in [5.74, 6) is 1.10.